The summed E-state index contributed by atoms with van der Waals surface area (Å²) in [6.07, 6.45) is 4.34. The molecule has 0 saturated heterocycles. The second-order valence-electron chi connectivity index (χ2n) is 6.40. The molecule has 0 aromatic heterocycles. The predicted octanol–water partition coefficient (Wildman–Crippen LogP) is 3.94. The van der Waals surface area contributed by atoms with Gasteiger partial charge in [0.05, 0.1) is 13.7 Å². The molecular formula is C22H24O5. The van der Waals surface area contributed by atoms with E-state index in [4.69, 9.17) is 18.9 Å². The lowest BCUT2D eigenvalue weighted by molar-refractivity contribution is 0.104. The highest BCUT2D eigenvalue weighted by Gasteiger charge is 2.21. The number of hydrogen-bond donors (Lipinski definition) is 0. The van der Waals surface area contributed by atoms with Gasteiger partial charge in [0.25, 0.3) is 0 Å². The van der Waals surface area contributed by atoms with Gasteiger partial charge < -0.3 is 18.9 Å². The summed E-state index contributed by atoms with van der Waals surface area (Å²) < 4.78 is 21.7. The molecule has 2 aromatic rings. The fraction of sp³-hybridized carbons (Fsp3) is 0.318. The molecule has 0 bridgehead atoms. The van der Waals surface area contributed by atoms with Crippen LogP contribution in [0.4, 0.5) is 0 Å². The summed E-state index contributed by atoms with van der Waals surface area (Å²) in [5.74, 6) is 2.21. The summed E-state index contributed by atoms with van der Waals surface area (Å²) in [7, 11) is 3.25. The Morgan fingerprint density at radius 2 is 1.96 bits per heavy atom. The Balaban J connectivity index is 1.70. The van der Waals surface area contributed by atoms with Crippen LogP contribution in [0.2, 0.25) is 0 Å². The normalized spacial score (nSPS) is 15.4. The average Bonchev–Trinajstić information content (AvgIpc) is 3.04. The Bertz CT molecular complexity index is 823. The summed E-state index contributed by atoms with van der Waals surface area (Å²) in [5, 5.41) is 0. The third-order valence-corrected chi connectivity index (χ3v) is 4.36. The second kappa shape index (κ2) is 8.73. The summed E-state index contributed by atoms with van der Waals surface area (Å²) in [6, 6.07) is 11.0. The SMILES string of the molecule is COCCOc1ccc(C(=O)/C=C/c2cc3c(cc2OC)CC(C)O3)cc1. The van der Waals surface area contributed by atoms with Crippen LogP contribution in [0.5, 0.6) is 17.2 Å². The van der Waals surface area contributed by atoms with Gasteiger partial charge in [0.15, 0.2) is 5.78 Å². The van der Waals surface area contributed by atoms with Crippen molar-refractivity contribution in [1.29, 1.82) is 0 Å². The number of hydrogen-bond acceptors (Lipinski definition) is 5. The molecule has 0 amide bonds. The van der Waals surface area contributed by atoms with Crippen LogP contribution >= 0.6 is 0 Å². The first kappa shape index (κ1) is 19.0. The number of ether oxygens (including phenoxy) is 4. The highest BCUT2D eigenvalue weighted by atomic mass is 16.5. The maximum absolute atomic E-state index is 12.5. The molecule has 1 heterocycles. The topological polar surface area (TPSA) is 54.0 Å². The largest absolute Gasteiger partial charge is 0.496 e. The highest BCUT2D eigenvalue weighted by Crippen LogP contribution is 2.35. The molecule has 1 aliphatic rings. The zero-order valence-corrected chi connectivity index (χ0v) is 15.9. The molecule has 27 heavy (non-hydrogen) atoms. The highest BCUT2D eigenvalue weighted by molar-refractivity contribution is 6.07. The van der Waals surface area contributed by atoms with E-state index in [2.05, 4.69) is 0 Å². The van der Waals surface area contributed by atoms with E-state index in [1.54, 1.807) is 50.6 Å². The summed E-state index contributed by atoms with van der Waals surface area (Å²) in [6.45, 7) is 3.03. The first-order valence-corrected chi connectivity index (χ1v) is 8.92. The summed E-state index contributed by atoms with van der Waals surface area (Å²) in [5.41, 5.74) is 2.54. The Morgan fingerprint density at radius 3 is 2.67 bits per heavy atom. The van der Waals surface area contributed by atoms with Gasteiger partial charge >= 0.3 is 0 Å². The maximum Gasteiger partial charge on any atom is 0.185 e. The molecule has 5 nitrogen and oxygen atoms in total. The fourth-order valence-corrected chi connectivity index (χ4v) is 2.98. The summed E-state index contributed by atoms with van der Waals surface area (Å²) in [4.78, 5) is 12.5. The maximum atomic E-state index is 12.5. The van der Waals surface area contributed by atoms with E-state index in [1.807, 2.05) is 19.1 Å². The zero-order chi connectivity index (χ0) is 19.2. The van der Waals surface area contributed by atoms with Crippen molar-refractivity contribution in [3.63, 3.8) is 0 Å². The third-order valence-electron chi connectivity index (χ3n) is 4.36. The minimum absolute atomic E-state index is 0.0877. The zero-order valence-electron chi connectivity index (χ0n) is 15.9. The van der Waals surface area contributed by atoms with Gasteiger partial charge in [0, 0.05) is 30.2 Å². The molecule has 1 atom stereocenters. The number of fused-ring (bicyclic) bond motifs is 1. The molecule has 3 rings (SSSR count). The molecule has 5 heteroatoms. The second-order valence-corrected chi connectivity index (χ2v) is 6.40. The predicted molar refractivity (Wildman–Crippen MR) is 104 cm³/mol. The van der Waals surface area contributed by atoms with E-state index in [0.29, 0.717) is 24.5 Å². The molecule has 0 radical (unpaired) electrons. The average molecular weight is 368 g/mol. The van der Waals surface area contributed by atoms with Crippen LogP contribution in [0, 0.1) is 0 Å². The first-order chi connectivity index (χ1) is 13.1. The van der Waals surface area contributed by atoms with E-state index in [1.165, 1.54) is 0 Å². The van der Waals surface area contributed by atoms with Crippen LogP contribution in [0.1, 0.15) is 28.4 Å². The van der Waals surface area contributed by atoms with Crippen molar-refractivity contribution in [2.45, 2.75) is 19.4 Å². The van der Waals surface area contributed by atoms with Crippen LogP contribution in [0.3, 0.4) is 0 Å². The van der Waals surface area contributed by atoms with E-state index in [0.717, 1.165) is 29.0 Å². The van der Waals surface area contributed by atoms with Crippen molar-refractivity contribution in [2.24, 2.45) is 0 Å². The lowest BCUT2D eigenvalue weighted by Crippen LogP contribution is -2.05. The van der Waals surface area contributed by atoms with Gasteiger partial charge in [-0.15, -0.1) is 0 Å². The molecule has 2 aromatic carbocycles. The smallest absolute Gasteiger partial charge is 0.185 e. The number of carbonyl (C=O) groups excluding carboxylic acids is 1. The Morgan fingerprint density at radius 1 is 1.19 bits per heavy atom. The van der Waals surface area contributed by atoms with Crippen molar-refractivity contribution >= 4 is 11.9 Å². The number of rotatable bonds is 8. The Kier molecular flexibility index (Phi) is 6.14. The van der Waals surface area contributed by atoms with Crippen molar-refractivity contribution in [2.75, 3.05) is 27.4 Å². The number of methoxy groups -OCH3 is 2. The first-order valence-electron chi connectivity index (χ1n) is 8.92. The van der Waals surface area contributed by atoms with E-state index in [9.17, 15) is 4.79 Å². The molecule has 0 fully saturated rings. The van der Waals surface area contributed by atoms with Crippen molar-refractivity contribution in [1.82, 2.24) is 0 Å². The molecule has 0 saturated carbocycles. The fourth-order valence-electron chi connectivity index (χ4n) is 2.98. The third kappa shape index (κ3) is 4.68. The quantitative estimate of drug-likeness (QED) is 0.401. The van der Waals surface area contributed by atoms with Gasteiger partial charge in [0.1, 0.15) is 30.0 Å². The number of ketones is 1. The van der Waals surface area contributed by atoms with Gasteiger partial charge in [-0.25, -0.2) is 0 Å². The molecule has 1 unspecified atom stereocenters. The number of carbonyl (C=O) groups is 1. The van der Waals surface area contributed by atoms with Gasteiger partial charge in [-0.1, -0.05) is 0 Å². The van der Waals surface area contributed by atoms with E-state index >= 15 is 0 Å². The van der Waals surface area contributed by atoms with Gasteiger partial charge in [-0.2, -0.15) is 0 Å². The molecule has 1 aliphatic heterocycles. The molecular weight excluding hydrogens is 344 g/mol. The minimum Gasteiger partial charge on any atom is -0.496 e. The van der Waals surface area contributed by atoms with Crippen molar-refractivity contribution < 1.29 is 23.7 Å². The van der Waals surface area contributed by atoms with Crippen LogP contribution in [0.25, 0.3) is 6.08 Å². The molecule has 0 spiro atoms. The van der Waals surface area contributed by atoms with Gasteiger partial charge in [-0.05, 0) is 55.5 Å². The number of allylic oxidation sites excluding steroid dienone is 1. The molecule has 0 aliphatic carbocycles. The lowest BCUT2D eigenvalue weighted by Gasteiger charge is -2.08. The molecule has 0 N–H and O–H groups in total. The van der Waals surface area contributed by atoms with Crippen LogP contribution in [0.15, 0.2) is 42.5 Å². The van der Waals surface area contributed by atoms with Gasteiger partial charge in [0.2, 0.25) is 0 Å². The molecule has 142 valence electrons. The van der Waals surface area contributed by atoms with Crippen molar-refractivity contribution in [3.8, 4) is 17.2 Å². The number of benzene rings is 2. The van der Waals surface area contributed by atoms with E-state index in [-0.39, 0.29) is 11.9 Å². The Labute approximate surface area is 159 Å². The summed E-state index contributed by atoms with van der Waals surface area (Å²) >= 11 is 0. The standard InChI is InChI=1S/C22H24O5/c1-15-12-18-14-21(25-3)17(13-22(18)27-15)6-9-20(23)16-4-7-19(8-5-16)26-11-10-24-2/h4-9,13-15H,10-12H2,1-3H3/b9-6+. The lowest BCUT2D eigenvalue weighted by atomic mass is 10.0. The monoisotopic (exact) mass is 368 g/mol. The van der Waals surface area contributed by atoms with Crippen LogP contribution in [-0.4, -0.2) is 39.3 Å². The van der Waals surface area contributed by atoms with Crippen molar-refractivity contribution in [3.05, 3.63) is 59.2 Å². The Hall–Kier alpha value is -2.79. The minimum atomic E-state index is -0.0877. The van der Waals surface area contributed by atoms with Gasteiger partial charge in [-0.3, -0.25) is 4.79 Å². The van der Waals surface area contributed by atoms with E-state index < -0.39 is 0 Å². The van der Waals surface area contributed by atoms with Crippen LogP contribution in [-0.2, 0) is 11.2 Å². The van der Waals surface area contributed by atoms with Crippen LogP contribution < -0.4 is 14.2 Å².